The van der Waals surface area contributed by atoms with Crippen LogP contribution in [0.2, 0.25) is 5.02 Å². The predicted molar refractivity (Wildman–Crippen MR) is 109 cm³/mol. The summed E-state index contributed by atoms with van der Waals surface area (Å²) in [6.07, 6.45) is 0. The van der Waals surface area contributed by atoms with Crippen molar-refractivity contribution in [2.75, 3.05) is 33.1 Å². The number of halogens is 2. The summed E-state index contributed by atoms with van der Waals surface area (Å²) in [5.74, 6) is 0.373. The van der Waals surface area contributed by atoms with Gasteiger partial charge in [0.2, 0.25) is 5.91 Å². The number of carbonyl (C=O) groups excluding carboxylic acids is 2. The van der Waals surface area contributed by atoms with Gasteiger partial charge in [-0.15, -0.1) is 0 Å². The summed E-state index contributed by atoms with van der Waals surface area (Å²) in [6.45, 7) is -0.101. The number of anilines is 1. The van der Waals surface area contributed by atoms with Crippen molar-refractivity contribution >= 4 is 51.7 Å². The Morgan fingerprint density at radius 2 is 1.81 bits per heavy atom. The molecule has 0 fully saturated rings. The molecule has 0 saturated heterocycles. The Bertz CT molecular complexity index is 829. The maximum atomic E-state index is 12.7. The first kappa shape index (κ1) is 20.3. The second-order valence-corrected chi connectivity index (χ2v) is 7.01. The number of rotatable bonds is 6. The van der Waals surface area contributed by atoms with E-state index in [1.165, 1.54) is 19.1 Å². The Hall–Kier alpha value is -2.00. The molecule has 0 spiro atoms. The standard InChI is InChI=1S/C18H18ClIN2O4/c1-22(10-17(23)21-12-6-4-5-11(19)7-12)18(24)13-8-15(25-2)16(26-3)9-14(13)20/h4-9H,10H2,1-3H3,(H,21,23). The number of hydrogen-bond donors (Lipinski definition) is 1. The molecule has 6 nitrogen and oxygen atoms in total. The molecule has 8 heteroatoms. The molecule has 0 unspecified atom stereocenters. The SMILES string of the molecule is COc1cc(I)c(C(=O)N(C)CC(=O)Nc2cccc(Cl)c2)cc1OC. The highest BCUT2D eigenvalue weighted by Gasteiger charge is 2.20. The Labute approximate surface area is 170 Å². The Kier molecular flexibility index (Phi) is 7.10. The van der Waals surface area contributed by atoms with E-state index in [9.17, 15) is 9.59 Å². The second-order valence-electron chi connectivity index (χ2n) is 5.41. The molecule has 0 aromatic heterocycles. The van der Waals surface area contributed by atoms with Gasteiger partial charge in [0.15, 0.2) is 11.5 Å². The van der Waals surface area contributed by atoms with Crippen LogP contribution in [0, 0.1) is 3.57 Å². The fraction of sp³-hybridized carbons (Fsp3) is 0.222. The summed E-state index contributed by atoms with van der Waals surface area (Å²) < 4.78 is 11.2. The summed E-state index contributed by atoms with van der Waals surface area (Å²) >= 11 is 7.94. The third-order valence-corrected chi connectivity index (χ3v) is 4.67. The van der Waals surface area contributed by atoms with E-state index in [-0.39, 0.29) is 18.4 Å². The largest absolute Gasteiger partial charge is 0.493 e. The molecule has 0 atom stereocenters. The molecule has 0 aliphatic carbocycles. The fourth-order valence-corrected chi connectivity index (χ4v) is 3.14. The number of benzene rings is 2. The molecule has 2 rings (SSSR count). The van der Waals surface area contributed by atoms with Gasteiger partial charge in [-0.3, -0.25) is 9.59 Å². The summed E-state index contributed by atoms with van der Waals surface area (Å²) in [5.41, 5.74) is 1.00. The number of hydrogen-bond acceptors (Lipinski definition) is 4. The van der Waals surface area contributed by atoms with Crippen molar-refractivity contribution in [2.45, 2.75) is 0 Å². The van der Waals surface area contributed by atoms with Gasteiger partial charge >= 0.3 is 0 Å². The Morgan fingerprint density at radius 3 is 2.42 bits per heavy atom. The molecule has 0 aliphatic rings. The molecule has 0 saturated carbocycles. The molecular weight excluding hydrogens is 471 g/mol. The van der Waals surface area contributed by atoms with Gasteiger partial charge < -0.3 is 19.7 Å². The molecule has 138 valence electrons. The molecule has 2 aromatic rings. The smallest absolute Gasteiger partial charge is 0.255 e. The van der Waals surface area contributed by atoms with Crippen LogP contribution in [0.3, 0.4) is 0 Å². The predicted octanol–water partition coefficient (Wildman–Crippen LogP) is 3.67. The maximum Gasteiger partial charge on any atom is 0.255 e. The zero-order chi connectivity index (χ0) is 19.3. The van der Waals surface area contributed by atoms with E-state index in [2.05, 4.69) is 5.32 Å². The number of nitrogens with one attached hydrogen (secondary N) is 1. The minimum Gasteiger partial charge on any atom is -0.493 e. The van der Waals surface area contributed by atoms with Crippen LogP contribution < -0.4 is 14.8 Å². The van der Waals surface area contributed by atoms with Crippen molar-refractivity contribution in [3.8, 4) is 11.5 Å². The van der Waals surface area contributed by atoms with Crippen LogP contribution >= 0.6 is 34.2 Å². The van der Waals surface area contributed by atoms with Crippen molar-refractivity contribution < 1.29 is 19.1 Å². The van der Waals surface area contributed by atoms with Gasteiger partial charge in [-0.05, 0) is 52.9 Å². The number of likely N-dealkylation sites (N-methyl/N-ethyl adjacent to an activating group) is 1. The van der Waals surface area contributed by atoms with Gasteiger partial charge in [0.25, 0.3) is 5.91 Å². The van der Waals surface area contributed by atoms with Gasteiger partial charge in [-0.1, -0.05) is 17.7 Å². The van der Waals surface area contributed by atoms with Crippen LogP contribution in [0.25, 0.3) is 0 Å². The molecule has 2 aromatic carbocycles. The molecule has 0 bridgehead atoms. The first-order chi connectivity index (χ1) is 12.3. The third kappa shape index (κ3) is 5.01. The normalized spacial score (nSPS) is 10.2. The van der Waals surface area contributed by atoms with Crippen LogP contribution in [0.4, 0.5) is 5.69 Å². The van der Waals surface area contributed by atoms with E-state index in [0.29, 0.717) is 31.3 Å². The molecule has 0 aliphatic heterocycles. The van der Waals surface area contributed by atoms with E-state index in [0.717, 1.165) is 0 Å². The van der Waals surface area contributed by atoms with Gasteiger partial charge in [-0.2, -0.15) is 0 Å². The monoisotopic (exact) mass is 488 g/mol. The lowest BCUT2D eigenvalue weighted by atomic mass is 10.1. The van der Waals surface area contributed by atoms with E-state index in [4.69, 9.17) is 21.1 Å². The number of carbonyl (C=O) groups is 2. The van der Waals surface area contributed by atoms with Crippen molar-refractivity contribution in [1.29, 1.82) is 0 Å². The minimum absolute atomic E-state index is 0.101. The van der Waals surface area contributed by atoms with Gasteiger partial charge in [0.05, 0.1) is 26.3 Å². The molecule has 2 amide bonds. The number of amides is 2. The van der Waals surface area contributed by atoms with Gasteiger partial charge in [0, 0.05) is 21.3 Å². The lowest BCUT2D eigenvalue weighted by Gasteiger charge is -2.19. The summed E-state index contributed by atoms with van der Waals surface area (Å²) in [4.78, 5) is 26.2. The van der Waals surface area contributed by atoms with Crippen LogP contribution in [-0.2, 0) is 4.79 Å². The average molecular weight is 489 g/mol. The zero-order valence-electron chi connectivity index (χ0n) is 14.5. The van der Waals surface area contributed by atoms with Gasteiger partial charge in [0.1, 0.15) is 0 Å². The van der Waals surface area contributed by atoms with Crippen molar-refractivity contribution in [1.82, 2.24) is 4.90 Å². The summed E-state index contributed by atoms with van der Waals surface area (Å²) in [6, 6.07) is 10.1. The second kappa shape index (κ2) is 9.09. The van der Waals surface area contributed by atoms with E-state index < -0.39 is 0 Å². The fourth-order valence-electron chi connectivity index (χ4n) is 2.28. The average Bonchev–Trinajstić information content (AvgIpc) is 2.60. The Morgan fingerprint density at radius 1 is 1.15 bits per heavy atom. The lowest BCUT2D eigenvalue weighted by molar-refractivity contribution is -0.116. The minimum atomic E-state index is -0.321. The number of methoxy groups -OCH3 is 2. The lowest BCUT2D eigenvalue weighted by Crippen LogP contribution is -2.35. The molecule has 1 N–H and O–H groups in total. The highest BCUT2D eigenvalue weighted by molar-refractivity contribution is 14.1. The van der Waals surface area contributed by atoms with Crippen molar-refractivity contribution in [3.63, 3.8) is 0 Å². The summed E-state index contributed by atoms with van der Waals surface area (Å²) in [5, 5.41) is 3.23. The van der Waals surface area contributed by atoms with Crippen LogP contribution in [-0.4, -0.2) is 44.5 Å². The van der Waals surface area contributed by atoms with E-state index in [1.54, 1.807) is 43.4 Å². The van der Waals surface area contributed by atoms with E-state index >= 15 is 0 Å². The highest BCUT2D eigenvalue weighted by Crippen LogP contribution is 2.31. The molecular formula is C18H18ClIN2O4. The van der Waals surface area contributed by atoms with Crippen LogP contribution in [0.1, 0.15) is 10.4 Å². The quantitative estimate of drug-likeness (QED) is 0.630. The van der Waals surface area contributed by atoms with Gasteiger partial charge in [-0.25, -0.2) is 0 Å². The first-order valence-corrected chi connectivity index (χ1v) is 9.03. The molecule has 0 radical (unpaired) electrons. The third-order valence-electron chi connectivity index (χ3n) is 3.54. The summed E-state index contributed by atoms with van der Waals surface area (Å²) in [7, 11) is 4.59. The zero-order valence-corrected chi connectivity index (χ0v) is 17.4. The van der Waals surface area contributed by atoms with E-state index in [1.807, 2.05) is 22.6 Å². The topological polar surface area (TPSA) is 67.9 Å². The van der Waals surface area contributed by atoms with Crippen molar-refractivity contribution in [3.05, 3.63) is 50.6 Å². The maximum absolute atomic E-state index is 12.7. The number of nitrogens with zero attached hydrogens (tertiary/aromatic N) is 1. The molecule has 26 heavy (non-hydrogen) atoms. The highest BCUT2D eigenvalue weighted by atomic mass is 127. The van der Waals surface area contributed by atoms with Crippen LogP contribution in [0.15, 0.2) is 36.4 Å². The Balaban J connectivity index is 2.10. The van der Waals surface area contributed by atoms with Crippen LogP contribution in [0.5, 0.6) is 11.5 Å². The molecule has 0 heterocycles. The van der Waals surface area contributed by atoms with Crippen molar-refractivity contribution in [2.24, 2.45) is 0 Å². The number of ether oxygens (including phenoxy) is 2. The first-order valence-electron chi connectivity index (χ1n) is 7.58.